The number of fused-ring (bicyclic) bond motifs is 15. The van der Waals surface area contributed by atoms with Gasteiger partial charge in [0, 0.05) is 76.5 Å². The molecule has 6 heteroatoms. The van der Waals surface area contributed by atoms with Crippen LogP contribution in [0, 0.1) is 0 Å². The Bertz CT molecular complexity index is 5720. The Labute approximate surface area is 482 Å². The summed E-state index contributed by atoms with van der Waals surface area (Å²) in [7, 11) is 0. The van der Waals surface area contributed by atoms with Crippen molar-refractivity contribution in [2.24, 2.45) is 0 Å². The number of benzene rings is 13. The van der Waals surface area contributed by atoms with Gasteiger partial charge < -0.3 is 13.7 Å². The number of nitrogens with zero attached hydrogens (tertiary/aromatic N) is 6. The van der Waals surface area contributed by atoms with Crippen LogP contribution in [0.25, 0.3) is 165 Å². The monoisotopic (exact) mass is 1070 g/mol. The van der Waals surface area contributed by atoms with Gasteiger partial charge in [0.05, 0.1) is 49.7 Å². The van der Waals surface area contributed by atoms with E-state index in [1.54, 1.807) is 0 Å². The minimum atomic E-state index is 0.662. The maximum atomic E-state index is 5.67. The van der Waals surface area contributed by atoms with E-state index in [0.717, 1.165) is 99.8 Å². The molecule has 0 atom stereocenters. The zero-order valence-electron chi connectivity index (χ0n) is 45.4. The second kappa shape index (κ2) is 18.1. The Morgan fingerprint density at radius 2 is 0.524 bits per heavy atom. The van der Waals surface area contributed by atoms with E-state index in [-0.39, 0.29) is 0 Å². The van der Waals surface area contributed by atoms with Gasteiger partial charge in [-0.1, -0.05) is 188 Å². The molecular weight excluding hydrogens is 1020 g/mol. The maximum absolute atomic E-state index is 5.67. The van der Waals surface area contributed by atoms with Crippen LogP contribution in [0.4, 0.5) is 0 Å². The fraction of sp³-hybridized carbons (Fsp3) is 0. The van der Waals surface area contributed by atoms with Crippen LogP contribution in [0.15, 0.2) is 291 Å². The van der Waals surface area contributed by atoms with Crippen LogP contribution in [0.5, 0.6) is 0 Å². The minimum Gasteiger partial charge on any atom is -0.309 e. The van der Waals surface area contributed by atoms with E-state index in [4.69, 9.17) is 9.97 Å². The molecule has 84 heavy (non-hydrogen) atoms. The first kappa shape index (κ1) is 46.4. The molecule has 0 aliphatic carbocycles. The average Bonchev–Trinajstić information content (AvgIpc) is 2.70. The largest absolute Gasteiger partial charge is 0.309 e. The van der Waals surface area contributed by atoms with Crippen molar-refractivity contribution in [2.75, 3.05) is 0 Å². The highest BCUT2D eigenvalue weighted by Gasteiger charge is 2.22. The lowest BCUT2D eigenvalue weighted by Crippen LogP contribution is -2.03. The molecule has 0 N–H and O–H groups in total. The highest BCUT2D eigenvalue weighted by Crippen LogP contribution is 2.42. The molecule has 5 heterocycles. The molecule has 5 aromatic heterocycles. The molecular formula is C78H48N6. The van der Waals surface area contributed by atoms with Crippen LogP contribution in [-0.4, -0.2) is 28.2 Å². The molecule has 0 saturated heterocycles. The van der Waals surface area contributed by atoms with Gasteiger partial charge in [0.25, 0.3) is 0 Å². The van der Waals surface area contributed by atoms with Crippen LogP contribution in [-0.2, 0) is 0 Å². The smallest absolute Gasteiger partial charge is 0.162 e. The second-order valence-electron chi connectivity index (χ2n) is 22.1. The van der Waals surface area contributed by atoms with Gasteiger partial charge in [-0.15, -0.1) is 0 Å². The number of hydrogen-bond acceptors (Lipinski definition) is 2. The SMILES string of the molecule is c1ccc(-n2c3ccccc3c3ccc(-c4ccc5c6ccccc6n(-c6ccc(-c7nc(-n8c9ccccc9c9ccc(-c%10ccc%11c%12ccccc%12n(-c%12ccccc%12)c%11c%10)cc98)c8ccc9ccccc9c8n7)cc6)c5c4)cc32)cc1. The molecule has 0 radical (unpaired) electrons. The number of aromatic nitrogens is 6. The molecule has 18 rings (SSSR count). The second-order valence-corrected chi connectivity index (χ2v) is 22.1. The molecule has 0 saturated carbocycles. The number of rotatable bonds is 7. The predicted octanol–water partition coefficient (Wildman–Crippen LogP) is 20.2. The van der Waals surface area contributed by atoms with Gasteiger partial charge in [-0.05, 0) is 131 Å². The van der Waals surface area contributed by atoms with Gasteiger partial charge in [0.1, 0.15) is 5.82 Å². The summed E-state index contributed by atoms with van der Waals surface area (Å²) in [5.41, 5.74) is 19.0. The van der Waals surface area contributed by atoms with Crippen LogP contribution >= 0.6 is 0 Å². The molecule has 0 bridgehead atoms. The van der Waals surface area contributed by atoms with Gasteiger partial charge in [-0.3, -0.25) is 4.57 Å². The summed E-state index contributed by atoms with van der Waals surface area (Å²) in [6.45, 7) is 0. The van der Waals surface area contributed by atoms with Crippen molar-refractivity contribution in [3.05, 3.63) is 291 Å². The summed E-state index contributed by atoms with van der Waals surface area (Å²) in [6, 6.07) is 106. The van der Waals surface area contributed by atoms with Crippen LogP contribution in [0.2, 0.25) is 0 Å². The van der Waals surface area contributed by atoms with Crippen LogP contribution in [0.1, 0.15) is 0 Å². The first-order valence-electron chi connectivity index (χ1n) is 28.7. The summed E-state index contributed by atoms with van der Waals surface area (Å²) in [5.74, 6) is 1.50. The predicted molar refractivity (Wildman–Crippen MR) is 351 cm³/mol. The van der Waals surface area contributed by atoms with Crippen molar-refractivity contribution in [3.8, 4) is 56.5 Å². The Hall–Kier alpha value is -11.3. The first-order valence-corrected chi connectivity index (χ1v) is 28.7. The van der Waals surface area contributed by atoms with E-state index in [1.807, 2.05) is 0 Å². The van der Waals surface area contributed by atoms with E-state index in [0.29, 0.717) is 5.82 Å². The zero-order valence-corrected chi connectivity index (χ0v) is 45.4. The van der Waals surface area contributed by atoms with Crippen molar-refractivity contribution >= 4 is 109 Å². The minimum absolute atomic E-state index is 0.662. The third-order valence-electron chi connectivity index (χ3n) is 17.6. The van der Waals surface area contributed by atoms with E-state index < -0.39 is 0 Å². The van der Waals surface area contributed by atoms with Crippen molar-refractivity contribution in [3.63, 3.8) is 0 Å². The van der Waals surface area contributed by atoms with Crippen molar-refractivity contribution < 1.29 is 0 Å². The average molecular weight is 1070 g/mol. The summed E-state index contributed by atoms with van der Waals surface area (Å²) in [5, 5.41) is 12.9. The van der Waals surface area contributed by atoms with Crippen molar-refractivity contribution in [1.29, 1.82) is 0 Å². The molecule has 0 fully saturated rings. The van der Waals surface area contributed by atoms with Crippen molar-refractivity contribution in [1.82, 2.24) is 28.2 Å². The number of hydrogen-bond donors (Lipinski definition) is 0. The summed E-state index contributed by atoms with van der Waals surface area (Å²) in [6.07, 6.45) is 0. The van der Waals surface area contributed by atoms with Gasteiger partial charge >= 0.3 is 0 Å². The summed E-state index contributed by atoms with van der Waals surface area (Å²) < 4.78 is 9.57. The Balaban J connectivity index is 0.794. The van der Waals surface area contributed by atoms with E-state index >= 15 is 0 Å². The molecule has 390 valence electrons. The van der Waals surface area contributed by atoms with Gasteiger partial charge in [-0.2, -0.15) is 0 Å². The molecule has 6 nitrogen and oxygen atoms in total. The Morgan fingerprint density at radius 1 is 0.202 bits per heavy atom. The van der Waals surface area contributed by atoms with Gasteiger partial charge in [-0.25, -0.2) is 9.97 Å². The van der Waals surface area contributed by atoms with Gasteiger partial charge in [0.15, 0.2) is 5.82 Å². The third-order valence-corrected chi connectivity index (χ3v) is 17.6. The summed E-state index contributed by atoms with van der Waals surface area (Å²) in [4.78, 5) is 11.2. The molecule has 0 aliphatic rings. The molecule has 0 amide bonds. The zero-order chi connectivity index (χ0) is 55.0. The standard InChI is InChI=1S/C78H48N6/c1-3-18-55(19-4-1)81-68-27-13-9-23-59(68)63-40-34-51(45-72(63)81)52-35-42-65-61-25-11-15-29-70(61)83(74(65)47-52)57-38-31-50(32-39-57)77-79-76-58-22-8-7-17-49(58)33-44-67(76)78(80-77)84-71-30-16-12-26-62(71)66-43-37-54(48-75(66)84)53-36-41-64-60-24-10-14-28-69(60)82(73(64)46-53)56-20-5-2-6-21-56/h1-48H. The van der Waals surface area contributed by atoms with Crippen LogP contribution in [0.3, 0.4) is 0 Å². The first-order chi connectivity index (χ1) is 41.7. The molecule has 18 aromatic rings. The maximum Gasteiger partial charge on any atom is 0.162 e. The fourth-order valence-corrected chi connectivity index (χ4v) is 13.7. The van der Waals surface area contributed by atoms with E-state index in [2.05, 4.69) is 309 Å². The third kappa shape index (κ3) is 6.92. The van der Waals surface area contributed by atoms with E-state index in [9.17, 15) is 0 Å². The lowest BCUT2D eigenvalue weighted by molar-refractivity contribution is 1.08. The topological polar surface area (TPSA) is 45.5 Å². The molecule has 0 aliphatic heterocycles. The van der Waals surface area contributed by atoms with Gasteiger partial charge in [0.2, 0.25) is 0 Å². The number of para-hydroxylation sites is 6. The lowest BCUT2D eigenvalue weighted by atomic mass is 10.0. The highest BCUT2D eigenvalue weighted by molar-refractivity contribution is 6.16. The lowest BCUT2D eigenvalue weighted by Gasteiger charge is -2.15. The quantitative estimate of drug-likeness (QED) is 0.149. The highest BCUT2D eigenvalue weighted by atomic mass is 15.1. The fourth-order valence-electron chi connectivity index (χ4n) is 13.7. The molecule has 0 spiro atoms. The van der Waals surface area contributed by atoms with Crippen molar-refractivity contribution in [2.45, 2.75) is 0 Å². The van der Waals surface area contributed by atoms with Crippen LogP contribution < -0.4 is 0 Å². The van der Waals surface area contributed by atoms with E-state index in [1.165, 1.54) is 59.8 Å². The summed E-state index contributed by atoms with van der Waals surface area (Å²) >= 11 is 0. The molecule has 13 aromatic carbocycles. The normalized spacial score (nSPS) is 12.0. The Kier molecular flexibility index (Phi) is 9.99. The molecule has 0 unspecified atom stereocenters. The Morgan fingerprint density at radius 3 is 0.964 bits per heavy atom.